The molecule has 0 aliphatic carbocycles. The Balaban J connectivity index is 2.10. The van der Waals surface area contributed by atoms with Crippen molar-refractivity contribution in [1.29, 1.82) is 0 Å². The normalized spacial score (nSPS) is 12.0. The lowest BCUT2D eigenvalue weighted by Crippen LogP contribution is -2.18. The van der Waals surface area contributed by atoms with Gasteiger partial charge in [0.25, 0.3) is 0 Å². The fourth-order valence-electron chi connectivity index (χ4n) is 2.09. The minimum atomic E-state index is -0.339. The summed E-state index contributed by atoms with van der Waals surface area (Å²) in [6.07, 6.45) is 1.63. The molecule has 22 heavy (non-hydrogen) atoms. The first kappa shape index (κ1) is 14.7. The number of hydrogen-bond acceptors (Lipinski definition) is 4. The minimum absolute atomic E-state index is 0.321. The monoisotopic (exact) mass is 318 g/mol. The summed E-state index contributed by atoms with van der Waals surface area (Å²) in [4.78, 5) is 5.14. The van der Waals surface area contributed by atoms with E-state index >= 15 is 0 Å². The van der Waals surface area contributed by atoms with E-state index in [1.54, 1.807) is 31.6 Å². The molecule has 0 spiro atoms. The second-order valence-corrected chi connectivity index (χ2v) is 5.43. The van der Waals surface area contributed by atoms with Crippen LogP contribution in [0.15, 0.2) is 57.5 Å². The molecular formula is C16H15FN2O2S. The van der Waals surface area contributed by atoms with Crippen LogP contribution in [0.2, 0.25) is 0 Å². The number of methoxy groups -OCH3 is 1. The van der Waals surface area contributed by atoms with Crippen LogP contribution in [0, 0.1) is 5.82 Å². The van der Waals surface area contributed by atoms with E-state index in [9.17, 15) is 4.39 Å². The molecule has 0 N–H and O–H groups in total. The van der Waals surface area contributed by atoms with Crippen molar-refractivity contribution in [2.24, 2.45) is 4.99 Å². The Labute approximate surface area is 131 Å². The summed E-state index contributed by atoms with van der Waals surface area (Å²) in [6, 6.07) is 10.2. The van der Waals surface area contributed by atoms with Crippen LogP contribution in [-0.4, -0.2) is 18.3 Å². The highest BCUT2D eigenvalue weighted by atomic mass is 32.1. The molecule has 4 nitrogen and oxygen atoms in total. The van der Waals surface area contributed by atoms with E-state index in [1.807, 2.05) is 22.1 Å². The second-order valence-electron chi connectivity index (χ2n) is 4.59. The quantitative estimate of drug-likeness (QED) is 0.717. The Morgan fingerprint density at radius 2 is 2.14 bits per heavy atom. The van der Waals surface area contributed by atoms with Crippen molar-refractivity contribution in [2.75, 3.05) is 13.7 Å². The third-order valence-corrected chi connectivity index (χ3v) is 4.02. The molecule has 0 saturated carbocycles. The molecule has 3 aromatic rings. The zero-order valence-electron chi connectivity index (χ0n) is 12.0. The van der Waals surface area contributed by atoms with Gasteiger partial charge in [-0.2, -0.15) is 0 Å². The van der Waals surface area contributed by atoms with Crippen molar-refractivity contribution in [3.63, 3.8) is 0 Å². The van der Waals surface area contributed by atoms with Crippen LogP contribution in [0.25, 0.3) is 11.5 Å². The van der Waals surface area contributed by atoms with Crippen molar-refractivity contribution in [1.82, 2.24) is 4.57 Å². The second kappa shape index (κ2) is 6.72. The van der Waals surface area contributed by atoms with Gasteiger partial charge in [0, 0.05) is 19.0 Å². The fourth-order valence-corrected chi connectivity index (χ4v) is 3.01. The van der Waals surface area contributed by atoms with Crippen molar-refractivity contribution in [3.8, 4) is 11.5 Å². The molecule has 0 amide bonds. The zero-order chi connectivity index (χ0) is 15.4. The molecular weight excluding hydrogens is 303 g/mol. The lowest BCUT2D eigenvalue weighted by Gasteiger charge is -2.06. The van der Waals surface area contributed by atoms with Gasteiger partial charge in [0.15, 0.2) is 10.6 Å². The van der Waals surface area contributed by atoms with Gasteiger partial charge in [-0.3, -0.25) is 0 Å². The van der Waals surface area contributed by atoms with Crippen LogP contribution >= 0.6 is 11.3 Å². The largest absolute Gasteiger partial charge is 0.463 e. The smallest absolute Gasteiger partial charge is 0.190 e. The van der Waals surface area contributed by atoms with E-state index in [0.29, 0.717) is 23.6 Å². The molecule has 0 unspecified atom stereocenters. The summed E-state index contributed by atoms with van der Waals surface area (Å²) in [7, 11) is 1.65. The van der Waals surface area contributed by atoms with E-state index in [0.717, 1.165) is 11.5 Å². The van der Waals surface area contributed by atoms with E-state index in [4.69, 9.17) is 9.15 Å². The van der Waals surface area contributed by atoms with Gasteiger partial charge >= 0.3 is 0 Å². The van der Waals surface area contributed by atoms with Crippen molar-refractivity contribution in [2.45, 2.75) is 6.54 Å². The van der Waals surface area contributed by atoms with E-state index < -0.39 is 0 Å². The number of halogens is 1. The van der Waals surface area contributed by atoms with Crippen LogP contribution in [0.4, 0.5) is 10.1 Å². The topological polar surface area (TPSA) is 39.7 Å². The number of furan rings is 1. The Morgan fingerprint density at radius 1 is 1.27 bits per heavy atom. The van der Waals surface area contributed by atoms with Crippen LogP contribution < -0.4 is 4.80 Å². The Morgan fingerprint density at radius 3 is 2.86 bits per heavy atom. The lowest BCUT2D eigenvalue weighted by molar-refractivity contribution is 0.187. The first-order valence-electron chi connectivity index (χ1n) is 6.80. The molecule has 6 heteroatoms. The summed E-state index contributed by atoms with van der Waals surface area (Å²) < 4.78 is 26.4. The number of nitrogens with zero attached hydrogens (tertiary/aromatic N) is 2. The summed E-state index contributed by atoms with van der Waals surface area (Å²) in [5, 5.41) is 1.95. The Hall–Kier alpha value is -2.18. The Bertz CT molecular complexity index is 806. The number of benzene rings is 1. The van der Waals surface area contributed by atoms with Gasteiger partial charge in [-0.1, -0.05) is 12.1 Å². The van der Waals surface area contributed by atoms with Crippen molar-refractivity contribution < 1.29 is 13.5 Å². The summed E-state index contributed by atoms with van der Waals surface area (Å²) in [5.74, 6) is 0.413. The highest BCUT2D eigenvalue weighted by Crippen LogP contribution is 2.22. The van der Waals surface area contributed by atoms with Crippen LogP contribution in [-0.2, 0) is 11.3 Å². The maximum atomic E-state index is 13.8. The van der Waals surface area contributed by atoms with Crippen LogP contribution in [0.1, 0.15) is 0 Å². The number of ether oxygens (including phenoxy) is 1. The molecule has 1 aromatic carbocycles. The number of rotatable bonds is 5. The molecule has 0 fully saturated rings. The van der Waals surface area contributed by atoms with E-state index in [1.165, 1.54) is 17.4 Å². The van der Waals surface area contributed by atoms with Gasteiger partial charge < -0.3 is 13.7 Å². The van der Waals surface area contributed by atoms with Gasteiger partial charge in [-0.15, -0.1) is 11.3 Å². The predicted octanol–water partition coefficient (Wildman–Crippen LogP) is 3.83. The molecule has 2 aromatic heterocycles. The summed E-state index contributed by atoms with van der Waals surface area (Å²) >= 11 is 1.44. The van der Waals surface area contributed by atoms with Gasteiger partial charge in [0.2, 0.25) is 0 Å². The predicted molar refractivity (Wildman–Crippen MR) is 83.5 cm³/mol. The van der Waals surface area contributed by atoms with Gasteiger partial charge in [-0.05, 0) is 24.3 Å². The van der Waals surface area contributed by atoms with Gasteiger partial charge in [0.1, 0.15) is 11.5 Å². The SMILES string of the molecule is COCCn1c(-c2ccco2)csc1=Nc1ccccc1F. The third-order valence-electron chi connectivity index (χ3n) is 3.16. The fraction of sp³-hybridized carbons (Fsp3) is 0.188. The minimum Gasteiger partial charge on any atom is -0.463 e. The maximum Gasteiger partial charge on any atom is 0.190 e. The highest BCUT2D eigenvalue weighted by molar-refractivity contribution is 7.07. The van der Waals surface area contributed by atoms with Crippen molar-refractivity contribution >= 4 is 17.0 Å². The third kappa shape index (κ3) is 3.03. The first-order valence-corrected chi connectivity index (χ1v) is 7.68. The number of thiazole rings is 1. The van der Waals surface area contributed by atoms with Crippen LogP contribution in [0.5, 0.6) is 0 Å². The molecule has 0 bridgehead atoms. The lowest BCUT2D eigenvalue weighted by atomic mass is 10.3. The molecule has 0 atom stereocenters. The number of hydrogen-bond donors (Lipinski definition) is 0. The van der Waals surface area contributed by atoms with Crippen molar-refractivity contribution in [3.05, 3.63) is 58.7 Å². The Kier molecular flexibility index (Phi) is 4.50. The molecule has 0 radical (unpaired) electrons. The van der Waals surface area contributed by atoms with E-state index in [2.05, 4.69) is 4.99 Å². The standard InChI is InChI=1S/C16H15FN2O2S/c1-20-10-8-19-14(15-7-4-9-21-15)11-22-16(19)18-13-6-3-2-5-12(13)17/h2-7,9,11H,8,10H2,1H3. The maximum absolute atomic E-state index is 13.8. The number of aromatic nitrogens is 1. The number of para-hydroxylation sites is 1. The summed E-state index contributed by atoms with van der Waals surface area (Å²) in [6.45, 7) is 1.15. The average molecular weight is 318 g/mol. The van der Waals surface area contributed by atoms with Gasteiger partial charge in [-0.25, -0.2) is 9.38 Å². The molecule has 0 aliphatic rings. The van der Waals surface area contributed by atoms with Crippen LogP contribution in [0.3, 0.4) is 0 Å². The molecule has 0 saturated heterocycles. The molecule has 3 rings (SSSR count). The summed E-state index contributed by atoms with van der Waals surface area (Å²) in [5.41, 5.74) is 1.23. The molecule has 0 aliphatic heterocycles. The van der Waals surface area contributed by atoms with Gasteiger partial charge in [0.05, 0.1) is 18.6 Å². The highest BCUT2D eigenvalue weighted by Gasteiger charge is 2.10. The molecule has 2 heterocycles. The van der Waals surface area contributed by atoms with E-state index in [-0.39, 0.29) is 5.82 Å². The average Bonchev–Trinajstić information content (AvgIpc) is 3.17. The first-order chi connectivity index (χ1) is 10.8. The molecule has 114 valence electrons. The zero-order valence-corrected chi connectivity index (χ0v) is 12.8.